The number of aliphatic hydroxyl groups is 2. The second kappa shape index (κ2) is 64.6. The number of hydrogen-bond donors (Lipinski definition) is 3. The highest BCUT2D eigenvalue weighted by Gasteiger charge is 2.18. The van der Waals surface area contributed by atoms with Crippen molar-refractivity contribution in [1.29, 1.82) is 0 Å². The summed E-state index contributed by atoms with van der Waals surface area (Å²) in [6, 6.07) is -0.636. The van der Waals surface area contributed by atoms with Crippen LogP contribution in [0.1, 0.15) is 367 Å². The van der Waals surface area contributed by atoms with Crippen LogP contribution in [0.25, 0.3) is 0 Å². The van der Waals surface area contributed by atoms with Crippen LogP contribution in [0.5, 0.6) is 0 Å². The van der Waals surface area contributed by atoms with Crippen molar-refractivity contribution in [2.24, 2.45) is 0 Å². The Labute approximate surface area is 468 Å². The Balaban J connectivity index is 3.46. The third-order valence-electron chi connectivity index (χ3n) is 15.6. The first-order valence-electron chi connectivity index (χ1n) is 33.8. The van der Waals surface area contributed by atoms with Crippen molar-refractivity contribution in [1.82, 2.24) is 5.32 Å². The molecule has 6 heteroatoms. The lowest BCUT2D eigenvalue weighted by Crippen LogP contribution is -2.45. The lowest BCUT2D eigenvalue weighted by atomic mass is 10.0. The summed E-state index contributed by atoms with van der Waals surface area (Å²) < 4.78 is 5.48. The zero-order valence-corrected chi connectivity index (χ0v) is 50.5. The Morgan fingerprint density at radius 2 is 0.627 bits per heavy atom. The summed E-state index contributed by atoms with van der Waals surface area (Å²) in [4.78, 5) is 24.6. The molecule has 2 atom stereocenters. The molecule has 0 aromatic heterocycles. The van der Waals surface area contributed by atoms with Crippen LogP contribution >= 0.6 is 0 Å². The molecule has 0 fully saturated rings. The van der Waals surface area contributed by atoms with Crippen molar-refractivity contribution in [2.45, 2.75) is 379 Å². The first kappa shape index (κ1) is 73.1. The monoisotopic (exact) mass is 1050 g/mol. The predicted octanol–water partition coefficient (Wildman–Crippen LogP) is 21.5. The average Bonchev–Trinajstić information content (AvgIpc) is 3.41. The van der Waals surface area contributed by atoms with Gasteiger partial charge in [-0.15, -0.1) is 0 Å². The third-order valence-corrected chi connectivity index (χ3v) is 15.6. The maximum Gasteiger partial charge on any atom is 0.305 e. The van der Waals surface area contributed by atoms with E-state index < -0.39 is 12.1 Å². The van der Waals surface area contributed by atoms with Crippen LogP contribution in [0.15, 0.2) is 36.5 Å². The third kappa shape index (κ3) is 61.2. The van der Waals surface area contributed by atoms with Gasteiger partial charge < -0.3 is 20.3 Å². The zero-order chi connectivity index (χ0) is 54.3. The molecule has 0 saturated heterocycles. The van der Waals surface area contributed by atoms with Crippen LogP contribution in [-0.2, 0) is 14.3 Å². The van der Waals surface area contributed by atoms with Gasteiger partial charge in [-0.1, -0.05) is 307 Å². The van der Waals surface area contributed by atoms with E-state index in [0.29, 0.717) is 19.4 Å². The van der Waals surface area contributed by atoms with E-state index in [9.17, 15) is 19.8 Å². The van der Waals surface area contributed by atoms with Crippen LogP contribution in [0.4, 0.5) is 0 Å². The van der Waals surface area contributed by atoms with Crippen molar-refractivity contribution in [3.8, 4) is 0 Å². The van der Waals surface area contributed by atoms with Crippen molar-refractivity contribution in [3.63, 3.8) is 0 Å². The molecule has 0 bridgehead atoms. The minimum absolute atomic E-state index is 0.00255. The molecule has 0 radical (unpaired) electrons. The largest absolute Gasteiger partial charge is 0.466 e. The van der Waals surface area contributed by atoms with Crippen molar-refractivity contribution >= 4 is 11.9 Å². The summed E-state index contributed by atoms with van der Waals surface area (Å²) in [5.41, 5.74) is 0. The summed E-state index contributed by atoms with van der Waals surface area (Å²) in [6.07, 6.45) is 82.0. The number of ether oxygens (including phenoxy) is 1. The quantitative estimate of drug-likeness (QED) is 0.0320. The topological polar surface area (TPSA) is 95.9 Å². The molecule has 0 heterocycles. The maximum atomic E-state index is 12.5. The molecule has 0 rings (SSSR count). The van der Waals surface area contributed by atoms with E-state index in [1.807, 2.05) is 6.08 Å². The normalized spacial score (nSPS) is 12.7. The molecular weight excluding hydrogens is 923 g/mol. The van der Waals surface area contributed by atoms with E-state index >= 15 is 0 Å². The van der Waals surface area contributed by atoms with Gasteiger partial charge in [0.05, 0.1) is 25.4 Å². The van der Waals surface area contributed by atoms with Crippen molar-refractivity contribution < 1.29 is 24.5 Å². The van der Waals surface area contributed by atoms with Crippen LogP contribution in [0, 0.1) is 0 Å². The highest BCUT2D eigenvalue weighted by molar-refractivity contribution is 5.76. The van der Waals surface area contributed by atoms with Crippen LogP contribution in [0.2, 0.25) is 0 Å². The van der Waals surface area contributed by atoms with E-state index in [1.165, 1.54) is 289 Å². The summed E-state index contributed by atoms with van der Waals surface area (Å²) in [6.45, 7) is 4.91. The van der Waals surface area contributed by atoms with Gasteiger partial charge in [-0.2, -0.15) is 0 Å². The van der Waals surface area contributed by atoms with Gasteiger partial charge >= 0.3 is 5.97 Å². The second-order valence-electron chi connectivity index (χ2n) is 23.1. The maximum absolute atomic E-state index is 12.5. The number of esters is 1. The molecule has 2 unspecified atom stereocenters. The first-order chi connectivity index (χ1) is 37.0. The number of nitrogens with one attached hydrogen (secondary N) is 1. The summed E-state index contributed by atoms with van der Waals surface area (Å²) >= 11 is 0. The van der Waals surface area contributed by atoms with Crippen LogP contribution in [0.3, 0.4) is 0 Å². The SMILES string of the molecule is CCCCCCC/C=C\CCCCCCCC(=O)OCCCCCCCCCCC/C=C\CCCCCCCCCC(=O)NC(CO)C(O)/C=C/CCCCCCCCCCCCCCCCCCCCCCCC. The molecular formula is C69H131NO5. The number of rotatable bonds is 63. The summed E-state index contributed by atoms with van der Waals surface area (Å²) in [5.74, 6) is -0.0759. The Morgan fingerprint density at radius 3 is 0.947 bits per heavy atom. The van der Waals surface area contributed by atoms with E-state index in [2.05, 4.69) is 43.5 Å². The van der Waals surface area contributed by atoms with E-state index in [-0.39, 0.29) is 18.5 Å². The number of aliphatic hydroxyl groups excluding tert-OH is 2. The van der Waals surface area contributed by atoms with Gasteiger partial charge in [0.1, 0.15) is 0 Å². The molecule has 0 aliphatic carbocycles. The molecule has 0 aliphatic heterocycles. The molecule has 442 valence electrons. The number of allylic oxidation sites excluding steroid dienone is 5. The number of carbonyl (C=O) groups is 2. The number of hydrogen-bond acceptors (Lipinski definition) is 5. The molecule has 0 spiro atoms. The number of amides is 1. The Hall–Kier alpha value is -1.92. The lowest BCUT2D eigenvalue weighted by Gasteiger charge is -2.20. The molecule has 0 aromatic carbocycles. The van der Waals surface area contributed by atoms with Crippen molar-refractivity contribution in [3.05, 3.63) is 36.5 Å². The minimum Gasteiger partial charge on any atom is -0.466 e. The Kier molecular flexibility index (Phi) is 63.0. The standard InChI is InChI=1S/C69H131NO5/c1-3-5-7-9-11-13-15-17-19-20-21-22-23-24-25-28-31-34-37-41-45-49-53-57-61-67(72)66(65-71)70-68(73)62-58-54-50-46-42-38-35-32-29-26-27-30-33-36-40-44-48-52-56-60-64-75-69(74)63-59-55-51-47-43-39-18-16-14-12-10-8-6-4-2/h16,18,26,29,57,61,66-67,71-72H,3-15,17,19-25,27-28,30-56,58-60,62-65H2,1-2H3,(H,70,73)/b18-16-,29-26-,61-57+. The fourth-order valence-corrected chi connectivity index (χ4v) is 10.4. The molecule has 3 N–H and O–H groups in total. The number of carbonyl (C=O) groups excluding carboxylic acids is 2. The van der Waals surface area contributed by atoms with Gasteiger partial charge in [-0.3, -0.25) is 9.59 Å². The molecule has 0 saturated carbocycles. The molecule has 0 aliphatic rings. The molecule has 75 heavy (non-hydrogen) atoms. The van der Waals surface area contributed by atoms with Gasteiger partial charge in [0.25, 0.3) is 0 Å². The van der Waals surface area contributed by atoms with E-state index in [4.69, 9.17) is 4.74 Å². The smallest absolute Gasteiger partial charge is 0.305 e. The molecule has 1 amide bonds. The first-order valence-corrected chi connectivity index (χ1v) is 33.8. The highest BCUT2D eigenvalue weighted by atomic mass is 16.5. The van der Waals surface area contributed by atoms with Gasteiger partial charge in [-0.25, -0.2) is 0 Å². The zero-order valence-electron chi connectivity index (χ0n) is 50.5. The van der Waals surface area contributed by atoms with Gasteiger partial charge in [0.2, 0.25) is 5.91 Å². The second-order valence-corrected chi connectivity index (χ2v) is 23.1. The molecule has 0 aromatic rings. The van der Waals surface area contributed by atoms with Crippen LogP contribution in [-0.4, -0.2) is 47.4 Å². The summed E-state index contributed by atoms with van der Waals surface area (Å²) in [7, 11) is 0. The fourth-order valence-electron chi connectivity index (χ4n) is 10.4. The van der Waals surface area contributed by atoms with Gasteiger partial charge in [0, 0.05) is 12.8 Å². The van der Waals surface area contributed by atoms with E-state index in [1.54, 1.807) is 6.08 Å². The molecule has 6 nitrogen and oxygen atoms in total. The minimum atomic E-state index is -0.852. The number of unbranched alkanes of at least 4 members (excludes halogenated alkanes) is 48. The Morgan fingerprint density at radius 1 is 0.360 bits per heavy atom. The lowest BCUT2D eigenvalue weighted by molar-refractivity contribution is -0.143. The van der Waals surface area contributed by atoms with Crippen LogP contribution < -0.4 is 5.32 Å². The Bertz CT molecular complexity index is 1210. The van der Waals surface area contributed by atoms with Crippen molar-refractivity contribution in [2.75, 3.05) is 13.2 Å². The average molecular weight is 1050 g/mol. The van der Waals surface area contributed by atoms with Gasteiger partial charge in [0.15, 0.2) is 0 Å². The highest BCUT2D eigenvalue weighted by Crippen LogP contribution is 2.18. The fraction of sp³-hybridized carbons (Fsp3) is 0.884. The van der Waals surface area contributed by atoms with E-state index in [0.717, 1.165) is 51.4 Å². The van der Waals surface area contributed by atoms with Gasteiger partial charge in [-0.05, 0) is 83.5 Å². The predicted molar refractivity (Wildman–Crippen MR) is 329 cm³/mol. The summed E-state index contributed by atoms with van der Waals surface area (Å²) in [5, 5.41) is 23.2.